The van der Waals surface area contributed by atoms with Gasteiger partial charge in [0.25, 0.3) is 0 Å². The van der Waals surface area contributed by atoms with E-state index >= 15 is 0 Å². The van der Waals surface area contributed by atoms with Crippen molar-refractivity contribution in [3.8, 4) is 0 Å². The summed E-state index contributed by atoms with van der Waals surface area (Å²) in [4.78, 5) is 11.6. The molecule has 7 nitrogen and oxygen atoms in total. The molecule has 0 saturated carbocycles. The van der Waals surface area contributed by atoms with Gasteiger partial charge in [-0.05, 0) is 12.8 Å². The first-order valence-corrected chi connectivity index (χ1v) is 6.47. The molecule has 1 aromatic rings. The summed E-state index contributed by atoms with van der Waals surface area (Å²) in [5.74, 6) is -0.00267. The Hall–Kier alpha value is -1.47. The molecule has 1 aromatic heterocycles. The molecular weight excluding hydrogens is 248 g/mol. The van der Waals surface area contributed by atoms with E-state index in [-0.39, 0.29) is 12.2 Å². The maximum Gasteiger partial charge on any atom is 0.360 e. The van der Waals surface area contributed by atoms with Gasteiger partial charge in [-0.15, -0.1) is 5.10 Å². The van der Waals surface area contributed by atoms with Gasteiger partial charge in [0, 0.05) is 13.2 Å². The summed E-state index contributed by atoms with van der Waals surface area (Å²) in [6, 6.07) is 0. The van der Waals surface area contributed by atoms with Crippen molar-refractivity contribution in [2.45, 2.75) is 33.9 Å². The van der Waals surface area contributed by atoms with Crippen LogP contribution in [0.3, 0.4) is 0 Å². The van der Waals surface area contributed by atoms with Gasteiger partial charge in [-0.1, -0.05) is 19.1 Å². The van der Waals surface area contributed by atoms with Gasteiger partial charge in [-0.3, -0.25) is 0 Å². The third kappa shape index (κ3) is 4.60. The molecular formula is C12H22N4O3. The molecule has 0 radical (unpaired) electrons. The number of ether oxygens (including phenoxy) is 2. The quantitative estimate of drug-likeness (QED) is 0.549. The fourth-order valence-corrected chi connectivity index (χ4v) is 1.54. The zero-order valence-corrected chi connectivity index (χ0v) is 11.8. The van der Waals surface area contributed by atoms with Crippen molar-refractivity contribution in [1.29, 1.82) is 0 Å². The first kappa shape index (κ1) is 15.6. The Morgan fingerprint density at radius 2 is 2.21 bits per heavy atom. The van der Waals surface area contributed by atoms with Gasteiger partial charge in [-0.2, -0.15) is 0 Å². The lowest BCUT2D eigenvalue weighted by Gasteiger charge is -2.08. The van der Waals surface area contributed by atoms with Crippen molar-refractivity contribution >= 4 is 5.97 Å². The smallest absolute Gasteiger partial charge is 0.360 e. The summed E-state index contributed by atoms with van der Waals surface area (Å²) < 4.78 is 12.0. The largest absolute Gasteiger partial charge is 0.461 e. The second-order valence-electron chi connectivity index (χ2n) is 4.50. The number of hydrogen-bond donors (Lipinski definition) is 1. The molecule has 2 N–H and O–H groups in total. The molecule has 0 aliphatic heterocycles. The third-order valence-electron chi connectivity index (χ3n) is 2.40. The van der Waals surface area contributed by atoms with Crippen molar-refractivity contribution in [3.63, 3.8) is 0 Å². The van der Waals surface area contributed by atoms with E-state index in [1.54, 1.807) is 11.6 Å². The van der Waals surface area contributed by atoms with E-state index in [1.807, 2.05) is 0 Å². The average Bonchev–Trinajstić information content (AvgIpc) is 2.77. The number of nitrogens with two attached hydrogens (primary N) is 1. The molecule has 7 heteroatoms. The summed E-state index contributed by atoms with van der Waals surface area (Å²) in [5, 5.41) is 7.74. The van der Waals surface area contributed by atoms with Crippen LogP contribution in [0, 0.1) is 5.92 Å². The van der Waals surface area contributed by atoms with Crippen LogP contribution < -0.4 is 5.73 Å². The Kier molecular flexibility index (Phi) is 6.44. The highest BCUT2D eigenvalue weighted by molar-refractivity contribution is 5.88. The zero-order valence-electron chi connectivity index (χ0n) is 11.8. The van der Waals surface area contributed by atoms with Crippen molar-refractivity contribution in [2.75, 3.05) is 19.8 Å². The number of aromatic nitrogens is 3. The van der Waals surface area contributed by atoms with Crippen LogP contribution in [0.2, 0.25) is 0 Å². The Balaban J connectivity index is 2.61. The van der Waals surface area contributed by atoms with E-state index in [4.69, 9.17) is 15.2 Å². The summed E-state index contributed by atoms with van der Waals surface area (Å²) in [7, 11) is 0. The average molecular weight is 270 g/mol. The first-order valence-electron chi connectivity index (χ1n) is 6.47. The number of hydrogen-bond acceptors (Lipinski definition) is 6. The highest BCUT2D eigenvalue weighted by Gasteiger charge is 2.19. The van der Waals surface area contributed by atoms with Gasteiger partial charge >= 0.3 is 5.97 Å². The van der Waals surface area contributed by atoms with Crippen LogP contribution in [-0.2, 0) is 22.6 Å². The second-order valence-corrected chi connectivity index (χ2v) is 4.50. The first-order chi connectivity index (χ1) is 9.10. The fourth-order valence-electron chi connectivity index (χ4n) is 1.54. The molecule has 1 heterocycles. The van der Waals surface area contributed by atoms with E-state index in [2.05, 4.69) is 24.2 Å². The molecule has 0 bridgehead atoms. The summed E-state index contributed by atoms with van der Waals surface area (Å²) in [6.07, 6.45) is 0. The number of esters is 1. The fraction of sp³-hybridized carbons (Fsp3) is 0.750. The van der Waals surface area contributed by atoms with E-state index < -0.39 is 5.97 Å². The molecule has 0 aromatic carbocycles. The maximum absolute atomic E-state index is 11.6. The van der Waals surface area contributed by atoms with Crippen molar-refractivity contribution in [2.24, 2.45) is 11.7 Å². The SMILES string of the molecule is CCOC(=O)c1nnn(CCOCC(C)C)c1CN. The normalized spacial score (nSPS) is 11.0. The Labute approximate surface area is 113 Å². The molecule has 0 saturated heterocycles. The van der Waals surface area contributed by atoms with E-state index in [0.717, 1.165) is 0 Å². The van der Waals surface area contributed by atoms with Crippen LogP contribution in [-0.4, -0.2) is 40.8 Å². The summed E-state index contributed by atoms with van der Waals surface area (Å²) >= 11 is 0. The molecule has 0 unspecified atom stereocenters. The summed E-state index contributed by atoms with van der Waals surface area (Å²) in [6.45, 7) is 8.11. The molecule has 0 spiro atoms. The van der Waals surface area contributed by atoms with Crippen LogP contribution in [0.4, 0.5) is 0 Å². The van der Waals surface area contributed by atoms with Crippen molar-refractivity contribution in [1.82, 2.24) is 15.0 Å². The van der Waals surface area contributed by atoms with E-state index in [0.29, 0.717) is 38.0 Å². The van der Waals surface area contributed by atoms with E-state index in [9.17, 15) is 4.79 Å². The van der Waals surface area contributed by atoms with Crippen LogP contribution in [0.5, 0.6) is 0 Å². The standard InChI is InChI=1S/C12H22N4O3/c1-4-19-12(17)11-10(7-13)16(15-14-11)5-6-18-8-9(2)3/h9H,4-8,13H2,1-3H3. The van der Waals surface area contributed by atoms with Crippen molar-refractivity contribution in [3.05, 3.63) is 11.4 Å². The monoisotopic (exact) mass is 270 g/mol. The molecule has 0 aliphatic rings. The number of carbonyl (C=O) groups excluding carboxylic acids is 1. The summed E-state index contributed by atoms with van der Waals surface area (Å²) in [5.41, 5.74) is 6.40. The minimum absolute atomic E-state index is 0.186. The van der Waals surface area contributed by atoms with Gasteiger partial charge in [0.15, 0.2) is 5.69 Å². The molecule has 0 atom stereocenters. The van der Waals surface area contributed by atoms with Gasteiger partial charge in [0.2, 0.25) is 0 Å². The highest BCUT2D eigenvalue weighted by atomic mass is 16.5. The van der Waals surface area contributed by atoms with Crippen LogP contribution in [0.1, 0.15) is 37.0 Å². The number of rotatable bonds is 8. The number of nitrogens with zero attached hydrogens (tertiary/aromatic N) is 3. The molecule has 1 rings (SSSR count). The lowest BCUT2D eigenvalue weighted by molar-refractivity contribution is 0.0517. The molecule has 19 heavy (non-hydrogen) atoms. The predicted molar refractivity (Wildman–Crippen MR) is 69.5 cm³/mol. The van der Waals surface area contributed by atoms with Crippen LogP contribution in [0.25, 0.3) is 0 Å². The zero-order chi connectivity index (χ0) is 14.3. The Morgan fingerprint density at radius 3 is 2.79 bits per heavy atom. The van der Waals surface area contributed by atoms with Crippen LogP contribution >= 0.6 is 0 Å². The topological polar surface area (TPSA) is 92.3 Å². The minimum atomic E-state index is -0.489. The molecule has 0 aliphatic carbocycles. The molecule has 0 fully saturated rings. The lowest BCUT2D eigenvalue weighted by atomic mass is 10.2. The second kappa shape index (κ2) is 7.85. The van der Waals surface area contributed by atoms with Crippen molar-refractivity contribution < 1.29 is 14.3 Å². The highest BCUT2D eigenvalue weighted by Crippen LogP contribution is 2.06. The minimum Gasteiger partial charge on any atom is -0.461 e. The Morgan fingerprint density at radius 1 is 1.47 bits per heavy atom. The van der Waals surface area contributed by atoms with Gasteiger partial charge in [-0.25, -0.2) is 9.48 Å². The maximum atomic E-state index is 11.6. The van der Waals surface area contributed by atoms with E-state index in [1.165, 1.54) is 0 Å². The molecule has 0 amide bonds. The predicted octanol–water partition coefficient (Wildman–Crippen LogP) is 0.586. The van der Waals surface area contributed by atoms with Gasteiger partial charge in [0.1, 0.15) is 0 Å². The van der Waals surface area contributed by atoms with Gasteiger partial charge in [0.05, 0.1) is 25.5 Å². The molecule has 108 valence electrons. The van der Waals surface area contributed by atoms with Gasteiger partial charge < -0.3 is 15.2 Å². The lowest BCUT2D eigenvalue weighted by Crippen LogP contribution is -2.17. The Bertz CT molecular complexity index is 404. The van der Waals surface area contributed by atoms with Crippen LogP contribution in [0.15, 0.2) is 0 Å². The number of carbonyl (C=O) groups is 1. The third-order valence-corrected chi connectivity index (χ3v) is 2.40.